The average molecular weight is 313 g/mol. The van der Waals surface area contributed by atoms with Gasteiger partial charge in [0.1, 0.15) is 6.61 Å². The third-order valence-corrected chi connectivity index (χ3v) is 3.86. The molecule has 0 fully saturated rings. The number of benzene rings is 1. The molecule has 21 heavy (non-hydrogen) atoms. The summed E-state index contributed by atoms with van der Waals surface area (Å²) in [4.78, 5) is 11.4. The van der Waals surface area contributed by atoms with Crippen molar-refractivity contribution in [2.24, 2.45) is 5.73 Å². The molecule has 0 saturated heterocycles. The summed E-state index contributed by atoms with van der Waals surface area (Å²) in [5.74, 6) is -0.460. The van der Waals surface area contributed by atoms with Gasteiger partial charge in [0.2, 0.25) is 0 Å². The first-order valence-corrected chi connectivity index (χ1v) is 8.11. The summed E-state index contributed by atoms with van der Waals surface area (Å²) in [6.07, 6.45) is 0.276. The molecule has 7 nitrogen and oxygen atoms in total. The number of rotatable bonds is 4. The zero-order chi connectivity index (χ0) is 16.2. The molecule has 1 rings (SSSR count). The summed E-state index contributed by atoms with van der Waals surface area (Å²) < 4.78 is 28.5. The fourth-order valence-electron chi connectivity index (χ4n) is 1.76. The molecule has 0 heterocycles. The minimum atomic E-state index is -3.37. The van der Waals surface area contributed by atoms with E-state index in [0.717, 1.165) is 11.8 Å². The molecule has 0 bridgehead atoms. The average Bonchev–Trinajstić information content (AvgIpc) is 2.34. The summed E-state index contributed by atoms with van der Waals surface area (Å²) >= 11 is 0. The highest BCUT2D eigenvalue weighted by atomic mass is 32.2. The van der Waals surface area contributed by atoms with E-state index < -0.39 is 21.9 Å². The Morgan fingerprint density at radius 1 is 1.43 bits per heavy atom. The van der Waals surface area contributed by atoms with Crippen LogP contribution < -0.4 is 11.1 Å². The van der Waals surface area contributed by atoms with Crippen LogP contribution >= 0.6 is 0 Å². The van der Waals surface area contributed by atoms with E-state index in [1.165, 1.54) is 6.07 Å². The molecule has 8 heteroatoms. The predicted molar refractivity (Wildman–Crippen MR) is 78.9 cm³/mol. The molecule has 1 aromatic carbocycles. The Bertz CT molecular complexity index is 653. The molecular formula is C13H19N3O4S. The van der Waals surface area contributed by atoms with Gasteiger partial charge in [-0.05, 0) is 23.1 Å². The van der Waals surface area contributed by atoms with Crippen LogP contribution in [0, 0.1) is 5.41 Å². The molecule has 4 N–H and O–H groups in total. The van der Waals surface area contributed by atoms with Crippen LogP contribution in [0.2, 0.25) is 0 Å². The van der Waals surface area contributed by atoms with Gasteiger partial charge in [-0.3, -0.25) is 10.7 Å². The minimum Gasteiger partial charge on any atom is -0.444 e. The Morgan fingerprint density at radius 3 is 2.52 bits per heavy atom. The second kappa shape index (κ2) is 6.57. The maximum Gasteiger partial charge on any atom is 0.414 e. The minimum absolute atomic E-state index is 0.0608. The van der Waals surface area contributed by atoms with Crippen molar-refractivity contribution in [1.82, 2.24) is 5.32 Å². The topological polar surface area (TPSA) is 122 Å². The van der Waals surface area contributed by atoms with Gasteiger partial charge in [-0.25, -0.2) is 13.2 Å². The SMILES string of the molecule is CC(C)c1ccc(COC(=O)NC(=N)N)cc1S(C)(=O)=O. The molecule has 0 saturated carbocycles. The summed E-state index contributed by atoms with van der Waals surface area (Å²) in [7, 11) is -3.37. The van der Waals surface area contributed by atoms with Crippen LogP contribution in [0.15, 0.2) is 23.1 Å². The summed E-state index contributed by atoms with van der Waals surface area (Å²) in [5.41, 5.74) is 6.25. The number of guanidine groups is 1. The van der Waals surface area contributed by atoms with E-state index in [0.29, 0.717) is 5.56 Å². The highest BCUT2D eigenvalue weighted by Gasteiger charge is 2.16. The lowest BCUT2D eigenvalue weighted by Crippen LogP contribution is -2.35. The Balaban J connectivity index is 2.96. The van der Waals surface area contributed by atoms with Gasteiger partial charge in [0.25, 0.3) is 0 Å². The number of nitrogens with two attached hydrogens (primary N) is 1. The number of carbonyl (C=O) groups is 1. The Kier molecular flexibility index (Phi) is 5.31. The van der Waals surface area contributed by atoms with Gasteiger partial charge >= 0.3 is 6.09 Å². The molecule has 0 aliphatic heterocycles. The molecule has 1 aromatic rings. The number of carbonyl (C=O) groups excluding carboxylic acids is 1. The first kappa shape index (κ1) is 17.0. The zero-order valence-corrected chi connectivity index (χ0v) is 13.0. The van der Waals surface area contributed by atoms with Crippen molar-refractivity contribution in [2.45, 2.75) is 31.3 Å². The Hall–Kier alpha value is -2.09. The van der Waals surface area contributed by atoms with Crippen molar-refractivity contribution in [3.8, 4) is 0 Å². The smallest absolute Gasteiger partial charge is 0.414 e. The van der Waals surface area contributed by atoms with E-state index >= 15 is 0 Å². The van der Waals surface area contributed by atoms with Crippen molar-refractivity contribution in [3.05, 3.63) is 29.3 Å². The van der Waals surface area contributed by atoms with E-state index in [2.05, 4.69) is 0 Å². The van der Waals surface area contributed by atoms with Crippen LogP contribution in [0.4, 0.5) is 4.79 Å². The lowest BCUT2D eigenvalue weighted by atomic mass is 10.0. The summed E-state index contributed by atoms with van der Waals surface area (Å²) in [6.45, 7) is 3.70. The maximum atomic E-state index is 11.8. The summed E-state index contributed by atoms with van der Waals surface area (Å²) in [5, 5.41) is 8.85. The van der Waals surface area contributed by atoms with Crippen molar-refractivity contribution in [2.75, 3.05) is 6.26 Å². The highest BCUT2D eigenvalue weighted by molar-refractivity contribution is 7.90. The molecule has 0 aliphatic carbocycles. The molecule has 0 spiro atoms. The first-order chi connectivity index (χ1) is 9.61. The molecule has 0 atom stereocenters. The molecule has 0 aromatic heterocycles. The maximum absolute atomic E-state index is 11.8. The van der Waals surface area contributed by atoms with Crippen LogP contribution in [-0.4, -0.2) is 26.7 Å². The van der Waals surface area contributed by atoms with Crippen LogP contribution in [0.1, 0.15) is 30.9 Å². The lowest BCUT2D eigenvalue weighted by Gasteiger charge is -2.13. The summed E-state index contributed by atoms with van der Waals surface area (Å²) in [6, 6.07) is 4.90. The van der Waals surface area contributed by atoms with E-state index in [1.54, 1.807) is 12.1 Å². The predicted octanol–water partition coefficient (Wildman–Crippen LogP) is 1.33. The molecule has 0 unspecified atom stereocenters. The quantitative estimate of drug-likeness (QED) is 0.571. The van der Waals surface area contributed by atoms with Crippen LogP contribution in [0.25, 0.3) is 0 Å². The number of ether oxygens (including phenoxy) is 1. The van der Waals surface area contributed by atoms with Gasteiger partial charge in [0.05, 0.1) is 4.90 Å². The van der Waals surface area contributed by atoms with E-state index in [1.807, 2.05) is 19.2 Å². The molecule has 0 radical (unpaired) electrons. The molecular weight excluding hydrogens is 294 g/mol. The van der Waals surface area contributed by atoms with Crippen molar-refractivity contribution >= 4 is 21.9 Å². The molecule has 1 amide bonds. The van der Waals surface area contributed by atoms with Gasteiger partial charge in [-0.1, -0.05) is 26.0 Å². The van der Waals surface area contributed by atoms with Gasteiger partial charge < -0.3 is 10.5 Å². The Labute approximate surface area is 123 Å². The fraction of sp³-hybridized carbons (Fsp3) is 0.385. The number of sulfone groups is 1. The van der Waals surface area contributed by atoms with Gasteiger partial charge in [0.15, 0.2) is 15.8 Å². The van der Waals surface area contributed by atoms with E-state index in [-0.39, 0.29) is 17.4 Å². The van der Waals surface area contributed by atoms with Crippen LogP contribution in [0.3, 0.4) is 0 Å². The monoisotopic (exact) mass is 313 g/mol. The van der Waals surface area contributed by atoms with E-state index in [9.17, 15) is 13.2 Å². The highest BCUT2D eigenvalue weighted by Crippen LogP contribution is 2.25. The Morgan fingerprint density at radius 2 is 2.05 bits per heavy atom. The van der Waals surface area contributed by atoms with Crippen molar-refractivity contribution < 1.29 is 17.9 Å². The number of amides is 1. The third kappa shape index (κ3) is 5.07. The van der Waals surface area contributed by atoms with Gasteiger partial charge in [0, 0.05) is 6.26 Å². The lowest BCUT2D eigenvalue weighted by molar-refractivity contribution is 0.145. The zero-order valence-electron chi connectivity index (χ0n) is 12.1. The number of hydrogen-bond acceptors (Lipinski definition) is 5. The number of alkyl carbamates (subject to hydrolysis) is 1. The van der Waals surface area contributed by atoms with Crippen LogP contribution in [0.5, 0.6) is 0 Å². The third-order valence-electron chi connectivity index (χ3n) is 2.71. The largest absolute Gasteiger partial charge is 0.444 e. The molecule has 116 valence electrons. The second-order valence-electron chi connectivity index (χ2n) is 4.91. The van der Waals surface area contributed by atoms with E-state index in [4.69, 9.17) is 15.9 Å². The molecule has 0 aliphatic rings. The first-order valence-electron chi connectivity index (χ1n) is 6.22. The second-order valence-corrected chi connectivity index (χ2v) is 6.90. The van der Waals surface area contributed by atoms with Crippen molar-refractivity contribution in [1.29, 1.82) is 5.41 Å². The number of nitrogens with one attached hydrogen (secondary N) is 2. The van der Waals surface area contributed by atoms with Gasteiger partial charge in [-0.2, -0.15) is 0 Å². The normalized spacial score (nSPS) is 11.2. The van der Waals surface area contributed by atoms with Crippen molar-refractivity contribution in [3.63, 3.8) is 0 Å². The fourth-order valence-corrected chi connectivity index (χ4v) is 2.86. The number of hydrogen-bond donors (Lipinski definition) is 3. The van der Waals surface area contributed by atoms with Crippen LogP contribution in [-0.2, 0) is 21.2 Å². The van der Waals surface area contributed by atoms with Gasteiger partial charge in [-0.15, -0.1) is 0 Å². The standard InChI is InChI=1S/C13H19N3O4S/c1-8(2)10-5-4-9(6-11(10)21(3,18)19)7-20-13(17)16-12(14)15/h4-6,8H,7H2,1-3H3,(H4,14,15,16,17).